The van der Waals surface area contributed by atoms with Crippen LogP contribution in [0.3, 0.4) is 0 Å². The van der Waals surface area contributed by atoms with Crippen LogP contribution in [0.25, 0.3) is 0 Å². The first-order valence-corrected chi connectivity index (χ1v) is 5.41. The molecule has 0 aliphatic heterocycles. The molecule has 1 rings (SSSR count). The van der Waals surface area contributed by atoms with Gasteiger partial charge >= 0.3 is 0 Å². The molecule has 0 N–H and O–H groups in total. The summed E-state index contributed by atoms with van der Waals surface area (Å²) in [5, 5.41) is 9.04. The van der Waals surface area contributed by atoms with E-state index in [2.05, 4.69) is 37.9 Å². The first-order chi connectivity index (χ1) is 7.20. The molecule has 0 saturated carbocycles. The van der Waals surface area contributed by atoms with Crippen molar-refractivity contribution in [1.29, 1.82) is 5.26 Å². The Labute approximate surface area is 92.1 Å². The molecular weight excluding hydrogens is 184 g/mol. The second-order valence-corrected chi connectivity index (χ2v) is 3.86. The molecule has 2 heteroatoms. The molecule has 0 bridgehead atoms. The minimum Gasteiger partial charge on any atom is -0.373 e. The van der Waals surface area contributed by atoms with E-state index < -0.39 is 0 Å². The molecular formula is C13H18N2. The largest absolute Gasteiger partial charge is 0.373 e. The number of rotatable bonds is 4. The van der Waals surface area contributed by atoms with Crippen LogP contribution in [0.2, 0.25) is 0 Å². The summed E-state index contributed by atoms with van der Waals surface area (Å²) in [4.78, 5) is 2.18. The van der Waals surface area contributed by atoms with E-state index in [4.69, 9.17) is 5.26 Å². The maximum absolute atomic E-state index is 9.04. The number of anilines is 1. The molecule has 0 atom stereocenters. The smallest absolute Gasteiger partial charge is 0.101 e. The highest BCUT2D eigenvalue weighted by Gasteiger charge is 2.09. The molecule has 1 aromatic carbocycles. The van der Waals surface area contributed by atoms with Gasteiger partial charge in [-0.1, -0.05) is 25.5 Å². The van der Waals surface area contributed by atoms with Crippen LogP contribution in [0.15, 0.2) is 18.2 Å². The van der Waals surface area contributed by atoms with E-state index in [9.17, 15) is 0 Å². The van der Waals surface area contributed by atoms with E-state index in [0.29, 0.717) is 0 Å². The van der Waals surface area contributed by atoms with Gasteiger partial charge in [0.2, 0.25) is 0 Å². The fourth-order valence-corrected chi connectivity index (χ4v) is 1.76. The lowest BCUT2D eigenvalue weighted by Gasteiger charge is -2.22. The molecule has 80 valence electrons. The quantitative estimate of drug-likeness (QED) is 0.750. The van der Waals surface area contributed by atoms with Crippen molar-refractivity contribution in [2.24, 2.45) is 0 Å². The van der Waals surface area contributed by atoms with Gasteiger partial charge in [-0.3, -0.25) is 0 Å². The van der Waals surface area contributed by atoms with Gasteiger partial charge in [-0.25, -0.2) is 0 Å². The normalized spacial score (nSPS) is 9.73. The first-order valence-electron chi connectivity index (χ1n) is 5.41. The summed E-state index contributed by atoms with van der Waals surface area (Å²) in [6.45, 7) is 5.24. The van der Waals surface area contributed by atoms with Gasteiger partial charge in [0, 0.05) is 13.6 Å². The third kappa shape index (κ3) is 2.73. The second-order valence-electron chi connectivity index (χ2n) is 3.86. The summed E-state index contributed by atoms with van der Waals surface area (Å²) in [5.74, 6) is 0. The van der Waals surface area contributed by atoms with Crippen LogP contribution in [0.4, 0.5) is 5.69 Å². The molecule has 0 radical (unpaired) electrons. The molecule has 2 nitrogen and oxygen atoms in total. The van der Waals surface area contributed by atoms with E-state index in [0.717, 1.165) is 24.2 Å². The monoisotopic (exact) mass is 202 g/mol. The van der Waals surface area contributed by atoms with Gasteiger partial charge in [0.1, 0.15) is 6.07 Å². The zero-order valence-corrected chi connectivity index (χ0v) is 9.75. The minimum atomic E-state index is 0.772. The summed E-state index contributed by atoms with van der Waals surface area (Å²) >= 11 is 0. The minimum absolute atomic E-state index is 0.772. The molecule has 0 fully saturated rings. The molecule has 0 heterocycles. The van der Waals surface area contributed by atoms with Gasteiger partial charge in [0.15, 0.2) is 0 Å². The molecule has 0 aliphatic carbocycles. The van der Waals surface area contributed by atoms with Gasteiger partial charge in [-0.2, -0.15) is 5.26 Å². The van der Waals surface area contributed by atoms with Crippen LogP contribution in [0.1, 0.15) is 30.9 Å². The summed E-state index contributed by atoms with van der Waals surface area (Å²) in [5.41, 5.74) is 3.02. The fraction of sp³-hybridized carbons (Fsp3) is 0.462. The average molecular weight is 202 g/mol. The standard InChI is InChI=1S/C13H18N2/c1-4-5-9-15(3)13-11(2)7-6-8-12(13)10-14/h6-8H,4-5,9H2,1-3H3. The van der Waals surface area contributed by atoms with Gasteiger partial charge in [-0.15, -0.1) is 0 Å². The number of aryl methyl sites for hydroxylation is 1. The van der Waals surface area contributed by atoms with Crippen LogP contribution in [-0.2, 0) is 0 Å². The Hall–Kier alpha value is -1.49. The highest BCUT2D eigenvalue weighted by atomic mass is 15.1. The summed E-state index contributed by atoms with van der Waals surface area (Å²) in [6.07, 6.45) is 2.34. The fourth-order valence-electron chi connectivity index (χ4n) is 1.76. The highest BCUT2D eigenvalue weighted by Crippen LogP contribution is 2.23. The van der Waals surface area contributed by atoms with Crippen LogP contribution in [-0.4, -0.2) is 13.6 Å². The SMILES string of the molecule is CCCCN(C)c1c(C)cccc1C#N. The Kier molecular flexibility index (Phi) is 4.17. The maximum atomic E-state index is 9.04. The average Bonchev–Trinajstić information content (AvgIpc) is 2.25. The van der Waals surface area contributed by atoms with Crippen molar-refractivity contribution in [3.63, 3.8) is 0 Å². The molecule has 0 saturated heterocycles. The summed E-state index contributed by atoms with van der Waals surface area (Å²) in [7, 11) is 2.05. The van der Waals surface area contributed by atoms with Crippen molar-refractivity contribution in [1.82, 2.24) is 0 Å². The Morgan fingerprint density at radius 3 is 2.73 bits per heavy atom. The molecule has 15 heavy (non-hydrogen) atoms. The van der Waals surface area contributed by atoms with E-state index >= 15 is 0 Å². The van der Waals surface area contributed by atoms with Crippen molar-refractivity contribution in [3.05, 3.63) is 29.3 Å². The van der Waals surface area contributed by atoms with Gasteiger partial charge in [0.25, 0.3) is 0 Å². The van der Waals surface area contributed by atoms with E-state index in [-0.39, 0.29) is 0 Å². The number of unbranched alkanes of at least 4 members (excludes halogenated alkanes) is 1. The van der Waals surface area contributed by atoms with Crippen molar-refractivity contribution < 1.29 is 0 Å². The maximum Gasteiger partial charge on any atom is 0.101 e. The van der Waals surface area contributed by atoms with Crippen molar-refractivity contribution in [2.45, 2.75) is 26.7 Å². The van der Waals surface area contributed by atoms with Crippen molar-refractivity contribution in [2.75, 3.05) is 18.5 Å². The first kappa shape index (κ1) is 11.6. The predicted octanol–water partition coefficient (Wildman–Crippen LogP) is 3.10. The number of para-hydroxylation sites is 1. The zero-order chi connectivity index (χ0) is 11.3. The third-order valence-corrected chi connectivity index (χ3v) is 2.59. The molecule has 0 unspecified atom stereocenters. The van der Waals surface area contributed by atoms with E-state index in [1.54, 1.807) is 0 Å². The number of hydrogen-bond acceptors (Lipinski definition) is 2. The van der Waals surface area contributed by atoms with Crippen LogP contribution >= 0.6 is 0 Å². The molecule has 0 spiro atoms. The number of hydrogen-bond donors (Lipinski definition) is 0. The molecule has 0 amide bonds. The Morgan fingerprint density at radius 1 is 1.40 bits per heavy atom. The molecule has 0 aliphatic rings. The number of benzene rings is 1. The summed E-state index contributed by atoms with van der Waals surface area (Å²) in [6, 6.07) is 8.12. The Balaban J connectivity index is 2.96. The predicted molar refractivity (Wildman–Crippen MR) is 64.1 cm³/mol. The number of nitriles is 1. The van der Waals surface area contributed by atoms with Crippen molar-refractivity contribution in [3.8, 4) is 6.07 Å². The topological polar surface area (TPSA) is 27.0 Å². The lowest BCUT2D eigenvalue weighted by molar-refractivity contribution is 0.764. The Bertz CT molecular complexity index is 363. The van der Waals surface area contributed by atoms with Crippen LogP contribution < -0.4 is 4.90 Å². The second kappa shape index (κ2) is 5.41. The van der Waals surface area contributed by atoms with E-state index in [1.807, 2.05) is 12.1 Å². The number of nitrogens with zero attached hydrogens (tertiary/aromatic N) is 2. The highest BCUT2D eigenvalue weighted by molar-refractivity contribution is 5.63. The van der Waals surface area contributed by atoms with E-state index in [1.165, 1.54) is 12.0 Å². The van der Waals surface area contributed by atoms with Crippen molar-refractivity contribution >= 4 is 5.69 Å². The van der Waals surface area contributed by atoms with Gasteiger partial charge in [-0.05, 0) is 25.0 Å². The van der Waals surface area contributed by atoms with Crippen LogP contribution in [0, 0.1) is 18.3 Å². The third-order valence-electron chi connectivity index (χ3n) is 2.59. The molecule has 1 aromatic rings. The molecule has 0 aromatic heterocycles. The lowest BCUT2D eigenvalue weighted by atomic mass is 10.1. The lowest BCUT2D eigenvalue weighted by Crippen LogP contribution is -2.20. The van der Waals surface area contributed by atoms with Crippen LogP contribution in [0.5, 0.6) is 0 Å². The van der Waals surface area contributed by atoms with Gasteiger partial charge in [0.05, 0.1) is 11.3 Å². The zero-order valence-electron chi connectivity index (χ0n) is 9.75. The summed E-state index contributed by atoms with van der Waals surface area (Å²) < 4.78 is 0. The van der Waals surface area contributed by atoms with Gasteiger partial charge < -0.3 is 4.90 Å². The Morgan fingerprint density at radius 2 is 2.13 bits per heavy atom.